The Hall–Kier alpha value is -2.00. The van der Waals surface area contributed by atoms with E-state index in [1.807, 2.05) is 0 Å². The largest absolute Gasteiger partial charge is 0.497 e. The molecule has 1 saturated carbocycles. The van der Waals surface area contributed by atoms with Crippen molar-refractivity contribution in [2.24, 2.45) is 0 Å². The quantitative estimate of drug-likeness (QED) is 0.554. The van der Waals surface area contributed by atoms with Gasteiger partial charge in [0.2, 0.25) is 10.0 Å². The highest BCUT2D eigenvalue weighted by molar-refractivity contribution is 7.89. The molecule has 196 valence electrons. The van der Waals surface area contributed by atoms with Crippen LogP contribution in [0.3, 0.4) is 0 Å². The van der Waals surface area contributed by atoms with Gasteiger partial charge in [-0.1, -0.05) is 53.4 Å². The number of rotatable bonds is 7. The SMILES string of the molecule is C.C.COc1ccc(S(=O)(=O)N2CCCCC2CNC(=O)NC2CCCCCCC2)c(OC)c1. The van der Waals surface area contributed by atoms with E-state index in [4.69, 9.17) is 9.47 Å². The first-order chi connectivity index (χ1) is 15.5. The number of urea groups is 1. The van der Waals surface area contributed by atoms with E-state index in [2.05, 4.69) is 10.6 Å². The predicted octanol–water partition coefficient (Wildman–Crippen LogP) is 4.93. The van der Waals surface area contributed by atoms with Gasteiger partial charge in [-0.2, -0.15) is 4.31 Å². The predicted molar refractivity (Wildman–Crippen MR) is 137 cm³/mol. The molecular weight excluding hydrogens is 454 g/mol. The Labute approximate surface area is 206 Å². The Kier molecular flexibility index (Phi) is 12.7. The zero-order valence-corrected chi connectivity index (χ0v) is 20.1. The number of hydrogen-bond acceptors (Lipinski definition) is 5. The van der Waals surface area contributed by atoms with Crippen molar-refractivity contribution < 1.29 is 22.7 Å². The minimum absolute atomic E-state index is 0. The lowest BCUT2D eigenvalue weighted by atomic mass is 9.97. The number of ether oxygens (including phenoxy) is 2. The van der Waals surface area contributed by atoms with E-state index in [9.17, 15) is 13.2 Å². The third kappa shape index (κ3) is 7.77. The van der Waals surface area contributed by atoms with Crippen LogP contribution in [0.25, 0.3) is 0 Å². The summed E-state index contributed by atoms with van der Waals surface area (Å²) < 4.78 is 39.0. The molecule has 1 heterocycles. The monoisotopic (exact) mass is 499 g/mol. The number of amides is 2. The molecule has 1 aromatic rings. The van der Waals surface area contributed by atoms with Gasteiger partial charge in [-0.05, 0) is 37.8 Å². The summed E-state index contributed by atoms with van der Waals surface area (Å²) >= 11 is 0. The molecule has 1 aliphatic carbocycles. The van der Waals surface area contributed by atoms with Gasteiger partial charge >= 0.3 is 6.03 Å². The highest BCUT2D eigenvalue weighted by Gasteiger charge is 2.35. The second-order valence-corrected chi connectivity index (χ2v) is 10.5. The molecule has 2 N–H and O–H groups in total. The zero-order valence-electron chi connectivity index (χ0n) is 19.3. The van der Waals surface area contributed by atoms with Gasteiger partial charge in [-0.15, -0.1) is 0 Å². The van der Waals surface area contributed by atoms with Crippen LogP contribution >= 0.6 is 0 Å². The molecule has 1 atom stereocenters. The minimum Gasteiger partial charge on any atom is -0.497 e. The Balaban J connectivity index is 0.00000289. The van der Waals surface area contributed by atoms with Crippen molar-refractivity contribution in [2.45, 2.75) is 96.0 Å². The van der Waals surface area contributed by atoms with Gasteiger partial charge in [0.25, 0.3) is 0 Å². The van der Waals surface area contributed by atoms with E-state index in [1.165, 1.54) is 43.9 Å². The van der Waals surface area contributed by atoms with Gasteiger partial charge in [0.15, 0.2) is 0 Å². The standard InChI is InChI=1S/C23H37N3O5S.2CH4/c1-30-20-13-14-22(21(16-20)31-2)32(28,29)26-15-9-8-12-19(26)17-24-23(27)25-18-10-6-4-3-5-7-11-18;;/h13-14,16,18-19H,3-12,15,17H2,1-2H3,(H2,24,25,27);2*1H4. The van der Waals surface area contributed by atoms with Crippen LogP contribution in [0.2, 0.25) is 0 Å². The van der Waals surface area contributed by atoms with Crippen LogP contribution in [0.5, 0.6) is 11.5 Å². The number of benzene rings is 1. The average molecular weight is 500 g/mol. The summed E-state index contributed by atoms with van der Waals surface area (Å²) in [5.41, 5.74) is 0. The molecule has 1 saturated heterocycles. The topological polar surface area (TPSA) is 97.0 Å². The summed E-state index contributed by atoms with van der Waals surface area (Å²) in [6, 6.07) is 4.42. The van der Waals surface area contributed by atoms with Crippen molar-refractivity contribution in [1.29, 1.82) is 0 Å². The number of carbonyl (C=O) groups excluding carboxylic acids is 1. The van der Waals surface area contributed by atoms with Crippen molar-refractivity contribution in [3.8, 4) is 11.5 Å². The fraction of sp³-hybridized carbons (Fsp3) is 0.720. The number of sulfonamides is 1. The number of piperidine rings is 1. The number of hydrogen-bond donors (Lipinski definition) is 2. The lowest BCUT2D eigenvalue weighted by Crippen LogP contribution is -2.51. The molecule has 34 heavy (non-hydrogen) atoms. The van der Waals surface area contributed by atoms with Gasteiger partial charge in [-0.3, -0.25) is 0 Å². The minimum atomic E-state index is -3.78. The lowest BCUT2D eigenvalue weighted by Gasteiger charge is -2.35. The first kappa shape index (κ1) is 30.0. The van der Waals surface area contributed by atoms with Crippen molar-refractivity contribution in [1.82, 2.24) is 14.9 Å². The molecule has 0 spiro atoms. The molecule has 1 aliphatic heterocycles. The first-order valence-corrected chi connectivity index (χ1v) is 13.2. The normalized spacial score (nSPS) is 20.0. The summed E-state index contributed by atoms with van der Waals surface area (Å²) in [4.78, 5) is 12.6. The Bertz CT molecular complexity index is 854. The number of nitrogens with zero attached hydrogens (tertiary/aromatic N) is 1. The Morgan fingerprint density at radius 1 is 0.971 bits per heavy atom. The van der Waals surface area contributed by atoms with Gasteiger partial charge in [0.1, 0.15) is 16.4 Å². The van der Waals surface area contributed by atoms with E-state index in [-0.39, 0.29) is 50.2 Å². The molecule has 9 heteroatoms. The molecule has 0 radical (unpaired) electrons. The number of nitrogens with one attached hydrogen (secondary N) is 2. The smallest absolute Gasteiger partial charge is 0.315 e. The summed E-state index contributed by atoms with van der Waals surface area (Å²) in [7, 11) is -0.810. The van der Waals surface area contributed by atoms with Crippen molar-refractivity contribution in [3.63, 3.8) is 0 Å². The van der Waals surface area contributed by atoms with Gasteiger partial charge in [0.05, 0.1) is 14.2 Å². The van der Waals surface area contributed by atoms with Gasteiger partial charge in [-0.25, -0.2) is 13.2 Å². The van der Waals surface area contributed by atoms with Crippen LogP contribution in [0.15, 0.2) is 23.1 Å². The molecule has 2 amide bonds. The van der Waals surface area contributed by atoms with Crippen LogP contribution in [-0.2, 0) is 10.0 Å². The van der Waals surface area contributed by atoms with Gasteiger partial charge < -0.3 is 20.1 Å². The highest BCUT2D eigenvalue weighted by Crippen LogP contribution is 2.33. The average Bonchev–Trinajstić information content (AvgIpc) is 2.79. The third-order valence-corrected chi connectivity index (χ3v) is 8.46. The summed E-state index contributed by atoms with van der Waals surface area (Å²) in [6.07, 6.45) is 10.5. The van der Waals surface area contributed by atoms with Crippen LogP contribution in [0, 0.1) is 0 Å². The van der Waals surface area contributed by atoms with Crippen molar-refractivity contribution in [3.05, 3.63) is 18.2 Å². The van der Waals surface area contributed by atoms with E-state index >= 15 is 0 Å². The van der Waals surface area contributed by atoms with E-state index in [0.29, 0.717) is 18.7 Å². The van der Waals surface area contributed by atoms with E-state index < -0.39 is 10.0 Å². The van der Waals surface area contributed by atoms with Crippen molar-refractivity contribution >= 4 is 16.1 Å². The Morgan fingerprint density at radius 3 is 2.26 bits per heavy atom. The maximum atomic E-state index is 13.5. The first-order valence-electron chi connectivity index (χ1n) is 11.7. The molecule has 1 unspecified atom stereocenters. The van der Waals surface area contributed by atoms with Crippen LogP contribution in [0.4, 0.5) is 4.79 Å². The van der Waals surface area contributed by atoms with Crippen LogP contribution in [-0.4, -0.2) is 58.1 Å². The molecule has 0 aromatic heterocycles. The lowest BCUT2D eigenvalue weighted by molar-refractivity contribution is 0.219. The third-order valence-electron chi connectivity index (χ3n) is 6.47. The molecule has 0 bridgehead atoms. The van der Waals surface area contributed by atoms with Gasteiger partial charge in [0, 0.05) is 31.2 Å². The fourth-order valence-corrected chi connectivity index (χ4v) is 6.49. The fourth-order valence-electron chi connectivity index (χ4n) is 4.66. The summed E-state index contributed by atoms with van der Waals surface area (Å²) in [5.74, 6) is 0.784. The van der Waals surface area contributed by atoms with Crippen LogP contribution in [0.1, 0.15) is 79.1 Å². The second-order valence-electron chi connectivity index (χ2n) is 8.68. The maximum Gasteiger partial charge on any atom is 0.315 e. The molecule has 8 nitrogen and oxygen atoms in total. The molecule has 2 fully saturated rings. The Morgan fingerprint density at radius 2 is 1.62 bits per heavy atom. The summed E-state index contributed by atoms with van der Waals surface area (Å²) in [6.45, 7) is 0.713. The molecule has 2 aliphatic rings. The number of methoxy groups -OCH3 is 2. The summed E-state index contributed by atoms with van der Waals surface area (Å²) in [5, 5.41) is 6.02. The van der Waals surface area contributed by atoms with Crippen LogP contribution < -0.4 is 20.1 Å². The molecular formula is C25H45N3O5S. The zero-order chi connectivity index (χ0) is 23.0. The highest BCUT2D eigenvalue weighted by atomic mass is 32.2. The van der Waals surface area contributed by atoms with E-state index in [1.54, 1.807) is 12.1 Å². The molecule has 3 rings (SSSR count). The second kappa shape index (κ2) is 14.4. The molecule has 1 aromatic carbocycles. The van der Waals surface area contributed by atoms with E-state index in [0.717, 1.165) is 38.5 Å². The maximum absolute atomic E-state index is 13.5. The van der Waals surface area contributed by atoms with Crippen molar-refractivity contribution in [2.75, 3.05) is 27.3 Å². The number of carbonyl (C=O) groups is 1.